The molecule has 0 aromatic heterocycles. The quantitative estimate of drug-likeness (QED) is 0.676. The molecule has 1 N–H and O–H groups in total. The highest BCUT2D eigenvalue weighted by atomic mass is 127. The van der Waals surface area contributed by atoms with Crippen molar-refractivity contribution < 1.29 is 17.9 Å². The van der Waals surface area contributed by atoms with E-state index in [2.05, 4.69) is 32.6 Å². The molecule has 15 heavy (non-hydrogen) atoms. The van der Waals surface area contributed by atoms with Crippen LogP contribution in [-0.4, -0.2) is 19.5 Å². The van der Waals surface area contributed by atoms with E-state index in [4.69, 9.17) is 0 Å². The predicted molar refractivity (Wildman–Crippen MR) is 59.7 cm³/mol. The Labute approximate surface area is 98.9 Å². The molecular formula is C9H9F3INO. The van der Waals surface area contributed by atoms with E-state index in [0.717, 1.165) is 9.26 Å². The van der Waals surface area contributed by atoms with Crippen molar-refractivity contribution in [2.24, 2.45) is 0 Å². The fourth-order valence-electron chi connectivity index (χ4n) is 0.957. The van der Waals surface area contributed by atoms with E-state index in [1.54, 1.807) is 6.07 Å². The summed E-state index contributed by atoms with van der Waals surface area (Å²) in [5.41, 5.74) is 0.809. The zero-order chi connectivity index (χ0) is 11.3. The first kappa shape index (κ1) is 12.6. The summed E-state index contributed by atoms with van der Waals surface area (Å²) in [6, 6.07) is 7.34. The van der Waals surface area contributed by atoms with Gasteiger partial charge in [0.1, 0.15) is 0 Å². The SMILES string of the molecule is FC(F)(F)OCCNc1ccccc1I. The van der Waals surface area contributed by atoms with Crippen LogP contribution < -0.4 is 5.32 Å². The Morgan fingerprint density at radius 3 is 2.53 bits per heavy atom. The predicted octanol–water partition coefficient (Wildman–Crippen LogP) is 3.24. The van der Waals surface area contributed by atoms with Crippen LogP contribution in [0.5, 0.6) is 0 Å². The van der Waals surface area contributed by atoms with Crippen LogP contribution in [0, 0.1) is 3.57 Å². The summed E-state index contributed by atoms with van der Waals surface area (Å²) in [6.45, 7) is -0.270. The van der Waals surface area contributed by atoms with Crippen LogP contribution in [0.4, 0.5) is 18.9 Å². The number of para-hydroxylation sites is 1. The lowest BCUT2D eigenvalue weighted by Crippen LogP contribution is -2.19. The molecular weight excluding hydrogens is 322 g/mol. The van der Waals surface area contributed by atoms with E-state index in [9.17, 15) is 13.2 Å². The maximum Gasteiger partial charge on any atom is 0.522 e. The fourth-order valence-corrected chi connectivity index (χ4v) is 1.54. The average molecular weight is 331 g/mol. The molecule has 0 heterocycles. The highest BCUT2D eigenvalue weighted by Crippen LogP contribution is 2.18. The number of halogens is 4. The van der Waals surface area contributed by atoms with Crippen molar-refractivity contribution in [3.8, 4) is 0 Å². The third-order valence-electron chi connectivity index (χ3n) is 1.56. The van der Waals surface area contributed by atoms with Gasteiger partial charge in [-0.15, -0.1) is 13.2 Å². The number of rotatable bonds is 4. The van der Waals surface area contributed by atoms with Crippen LogP contribution >= 0.6 is 22.6 Å². The molecule has 1 aromatic rings. The molecule has 0 radical (unpaired) electrons. The van der Waals surface area contributed by atoms with E-state index < -0.39 is 13.0 Å². The number of alkyl halides is 3. The maximum absolute atomic E-state index is 11.6. The monoisotopic (exact) mass is 331 g/mol. The third-order valence-corrected chi connectivity index (χ3v) is 2.50. The molecule has 6 heteroatoms. The Kier molecular flexibility index (Phi) is 4.65. The van der Waals surface area contributed by atoms with Gasteiger partial charge in [0.15, 0.2) is 0 Å². The van der Waals surface area contributed by atoms with Gasteiger partial charge in [0.25, 0.3) is 0 Å². The van der Waals surface area contributed by atoms with Gasteiger partial charge in [-0.2, -0.15) is 0 Å². The molecule has 0 spiro atoms. The third kappa shape index (κ3) is 5.22. The summed E-state index contributed by atoms with van der Waals surface area (Å²) in [4.78, 5) is 0. The zero-order valence-electron chi connectivity index (χ0n) is 7.64. The summed E-state index contributed by atoms with van der Waals surface area (Å²) < 4.78 is 39.4. The maximum atomic E-state index is 11.6. The van der Waals surface area contributed by atoms with Crippen LogP contribution in [0.1, 0.15) is 0 Å². The van der Waals surface area contributed by atoms with Crippen LogP contribution in [0.15, 0.2) is 24.3 Å². The summed E-state index contributed by atoms with van der Waals surface area (Å²) in [5, 5.41) is 2.85. The van der Waals surface area contributed by atoms with Crippen molar-refractivity contribution in [3.63, 3.8) is 0 Å². The standard InChI is InChI=1S/C9H9F3INO/c10-9(11,12)15-6-5-14-8-4-2-1-3-7(8)13/h1-4,14H,5-6H2. The molecule has 0 aliphatic rings. The lowest BCUT2D eigenvalue weighted by molar-refractivity contribution is -0.322. The van der Waals surface area contributed by atoms with Gasteiger partial charge in [0, 0.05) is 15.8 Å². The first-order valence-corrected chi connectivity index (χ1v) is 5.26. The lowest BCUT2D eigenvalue weighted by atomic mass is 10.3. The molecule has 84 valence electrons. The molecule has 0 saturated heterocycles. The fraction of sp³-hybridized carbons (Fsp3) is 0.333. The second kappa shape index (κ2) is 5.55. The number of nitrogens with one attached hydrogen (secondary N) is 1. The number of benzene rings is 1. The first-order chi connectivity index (χ1) is 6.99. The lowest BCUT2D eigenvalue weighted by Gasteiger charge is -2.10. The van der Waals surface area contributed by atoms with E-state index in [1.807, 2.05) is 18.2 Å². The minimum absolute atomic E-state index is 0.125. The van der Waals surface area contributed by atoms with Gasteiger partial charge in [0.2, 0.25) is 0 Å². The molecule has 2 nitrogen and oxygen atoms in total. The molecule has 0 bridgehead atoms. The van der Waals surface area contributed by atoms with Crippen molar-refractivity contribution >= 4 is 28.3 Å². The minimum atomic E-state index is -4.55. The van der Waals surface area contributed by atoms with Gasteiger partial charge in [-0.25, -0.2) is 0 Å². The molecule has 0 fully saturated rings. The normalized spacial score (nSPS) is 11.5. The molecule has 0 amide bonds. The van der Waals surface area contributed by atoms with Crippen LogP contribution in [0.25, 0.3) is 0 Å². The van der Waals surface area contributed by atoms with Crippen LogP contribution in [0.2, 0.25) is 0 Å². The summed E-state index contributed by atoms with van der Waals surface area (Å²) in [6.07, 6.45) is -4.55. The first-order valence-electron chi connectivity index (χ1n) is 4.18. The highest BCUT2D eigenvalue weighted by Gasteiger charge is 2.28. The molecule has 0 unspecified atom stereocenters. The van der Waals surface area contributed by atoms with Crippen LogP contribution in [0.3, 0.4) is 0 Å². The largest absolute Gasteiger partial charge is 0.522 e. The van der Waals surface area contributed by atoms with Crippen molar-refractivity contribution in [1.82, 2.24) is 0 Å². The van der Waals surface area contributed by atoms with E-state index in [-0.39, 0.29) is 6.54 Å². The molecule has 1 rings (SSSR count). The van der Waals surface area contributed by atoms with Gasteiger partial charge >= 0.3 is 6.36 Å². The van der Waals surface area contributed by atoms with E-state index in [1.165, 1.54) is 0 Å². The number of ether oxygens (including phenoxy) is 1. The van der Waals surface area contributed by atoms with Gasteiger partial charge in [-0.1, -0.05) is 12.1 Å². The Balaban J connectivity index is 2.30. The Morgan fingerprint density at radius 2 is 1.93 bits per heavy atom. The smallest absolute Gasteiger partial charge is 0.382 e. The summed E-state index contributed by atoms with van der Waals surface area (Å²) in [7, 11) is 0. The van der Waals surface area contributed by atoms with Gasteiger partial charge in [0.05, 0.1) is 6.61 Å². The van der Waals surface area contributed by atoms with Gasteiger partial charge in [-0.05, 0) is 34.7 Å². The van der Waals surface area contributed by atoms with Gasteiger partial charge in [-0.3, -0.25) is 4.74 Å². The molecule has 1 aromatic carbocycles. The number of anilines is 1. The minimum Gasteiger partial charge on any atom is -0.382 e. The van der Waals surface area contributed by atoms with Crippen molar-refractivity contribution in [2.45, 2.75) is 6.36 Å². The number of hydrogen-bond donors (Lipinski definition) is 1. The second-order valence-electron chi connectivity index (χ2n) is 2.70. The van der Waals surface area contributed by atoms with Crippen molar-refractivity contribution in [2.75, 3.05) is 18.5 Å². The molecule has 0 aliphatic carbocycles. The Bertz CT molecular complexity index is 316. The average Bonchev–Trinajstić information content (AvgIpc) is 2.13. The van der Waals surface area contributed by atoms with Crippen LogP contribution in [-0.2, 0) is 4.74 Å². The number of hydrogen-bond acceptors (Lipinski definition) is 2. The topological polar surface area (TPSA) is 21.3 Å². The summed E-state index contributed by atoms with van der Waals surface area (Å²) >= 11 is 2.10. The van der Waals surface area contributed by atoms with Gasteiger partial charge < -0.3 is 5.32 Å². The van der Waals surface area contributed by atoms with Crippen molar-refractivity contribution in [3.05, 3.63) is 27.8 Å². The molecule has 0 aliphatic heterocycles. The highest BCUT2D eigenvalue weighted by molar-refractivity contribution is 14.1. The van der Waals surface area contributed by atoms with E-state index in [0.29, 0.717) is 0 Å². The second-order valence-corrected chi connectivity index (χ2v) is 3.86. The summed E-state index contributed by atoms with van der Waals surface area (Å²) in [5.74, 6) is 0. The van der Waals surface area contributed by atoms with E-state index >= 15 is 0 Å². The molecule has 0 saturated carbocycles. The Morgan fingerprint density at radius 1 is 1.27 bits per heavy atom. The molecule has 0 atom stereocenters. The zero-order valence-corrected chi connectivity index (χ0v) is 9.80. The van der Waals surface area contributed by atoms with Crippen molar-refractivity contribution in [1.29, 1.82) is 0 Å². The Hall–Kier alpha value is -0.500.